The number of aromatic nitrogens is 3. The molecule has 0 amide bonds. The predicted octanol–water partition coefficient (Wildman–Crippen LogP) is 1.65. The first-order valence-corrected chi connectivity index (χ1v) is 5.77. The zero-order valence-corrected chi connectivity index (χ0v) is 9.67. The Morgan fingerprint density at radius 1 is 1.35 bits per heavy atom. The smallest absolute Gasteiger partial charge is 0.241 e. The van der Waals surface area contributed by atoms with Crippen LogP contribution in [0.5, 0.6) is 0 Å². The van der Waals surface area contributed by atoms with Crippen LogP contribution in [0.2, 0.25) is 0 Å². The van der Waals surface area contributed by atoms with Gasteiger partial charge in [0.05, 0.1) is 6.04 Å². The van der Waals surface area contributed by atoms with Gasteiger partial charge in [0.1, 0.15) is 0 Å². The molecule has 2 heterocycles. The number of hydrogen-bond acceptors (Lipinski definition) is 4. The number of anilines is 2. The topological polar surface area (TPSA) is 68.8 Å². The predicted molar refractivity (Wildman–Crippen MR) is 66.7 cm³/mol. The van der Waals surface area contributed by atoms with Gasteiger partial charge in [-0.05, 0) is 18.9 Å². The highest BCUT2D eigenvalue weighted by molar-refractivity contribution is 5.38. The molecule has 3 rings (SSSR count). The van der Waals surface area contributed by atoms with E-state index in [9.17, 15) is 0 Å². The summed E-state index contributed by atoms with van der Waals surface area (Å²) in [5.41, 5.74) is 6.90. The maximum atomic E-state index is 5.66. The summed E-state index contributed by atoms with van der Waals surface area (Å²) in [6.07, 6.45) is 0.986. The second kappa shape index (κ2) is 3.76. The fraction of sp³-hybridized carbons (Fsp3) is 0.333. The van der Waals surface area contributed by atoms with Crippen molar-refractivity contribution in [2.24, 2.45) is 0 Å². The van der Waals surface area contributed by atoms with Crippen molar-refractivity contribution in [1.82, 2.24) is 14.8 Å². The average molecular weight is 229 g/mol. The van der Waals surface area contributed by atoms with Gasteiger partial charge in [0, 0.05) is 6.04 Å². The van der Waals surface area contributed by atoms with Crippen molar-refractivity contribution < 1.29 is 0 Å². The molecule has 1 aliphatic rings. The van der Waals surface area contributed by atoms with E-state index in [0.717, 1.165) is 12.4 Å². The molecule has 1 aromatic heterocycles. The summed E-state index contributed by atoms with van der Waals surface area (Å²) in [4.78, 5) is 4.20. The Kier molecular flexibility index (Phi) is 2.24. The van der Waals surface area contributed by atoms with Crippen molar-refractivity contribution in [2.75, 3.05) is 11.1 Å². The van der Waals surface area contributed by atoms with Gasteiger partial charge in [-0.2, -0.15) is 4.98 Å². The van der Waals surface area contributed by atoms with Gasteiger partial charge in [-0.3, -0.25) is 0 Å². The van der Waals surface area contributed by atoms with E-state index in [1.807, 2.05) is 22.9 Å². The van der Waals surface area contributed by atoms with Gasteiger partial charge >= 0.3 is 0 Å². The van der Waals surface area contributed by atoms with Crippen LogP contribution in [0.25, 0.3) is 0 Å². The Labute approximate surface area is 99.7 Å². The molecule has 3 N–H and O–H groups in total. The van der Waals surface area contributed by atoms with E-state index in [0.29, 0.717) is 12.0 Å². The number of rotatable bonds is 1. The van der Waals surface area contributed by atoms with E-state index in [-0.39, 0.29) is 6.04 Å². The van der Waals surface area contributed by atoms with Crippen molar-refractivity contribution in [1.29, 1.82) is 0 Å². The molecule has 2 unspecified atom stereocenters. The van der Waals surface area contributed by atoms with E-state index in [4.69, 9.17) is 5.73 Å². The van der Waals surface area contributed by atoms with E-state index in [1.54, 1.807) is 0 Å². The van der Waals surface area contributed by atoms with Crippen LogP contribution in [0, 0.1) is 0 Å². The summed E-state index contributed by atoms with van der Waals surface area (Å²) >= 11 is 0. The monoisotopic (exact) mass is 229 g/mol. The highest BCUT2D eigenvalue weighted by atomic mass is 15.4. The third-order valence-electron chi connectivity index (χ3n) is 3.08. The van der Waals surface area contributed by atoms with Crippen LogP contribution in [0.15, 0.2) is 30.3 Å². The van der Waals surface area contributed by atoms with Crippen LogP contribution in [0.3, 0.4) is 0 Å². The first-order chi connectivity index (χ1) is 8.24. The van der Waals surface area contributed by atoms with Gasteiger partial charge in [0.25, 0.3) is 0 Å². The first kappa shape index (κ1) is 10.1. The van der Waals surface area contributed by atoms with Crippen molar-refractivity contribution in [3.8, 4) is 0 Å². The molecule has 0 fully saturated rings. The largest absolute Gasteiger partial charge is 0.366 e. The third-order valence-corrected chi connectivity index (χ3v) is 3.08. The van der Waals surface area contributed by atoms with Crippen LogP contribution in [-0.4, -0.2) is 20.8 Å². The van der Waals surface area contributed by atoms with E-state index in [2.05, 4.69) is 34.5 Å². The number of nitrogens with zero attached hydrogens (tertiary/aromatic N) is 3. The number of fused-ring (bicyclic) bond motifs is 1. The fourth-order valence-corrected chi connectivity index (χ4v) is 2.32. The number of nitrogens with two attached hydrogens (primary N) is 1. The minimum Gasteiger partial charge on any atom is -0.366 e. The summed E-state index contributed by atoms with van der Waals surface area (Å²) in [5, 5.41) is 7.55. The molecule has 5 heteroatoms. The Balaban J connectivity index is 2.06. The maximum absolute atomic E-state index is 5.66. The molecule has 0 bridgehead atoms. The standard InChI is InChI=1S/C12H15N5/c1-8-7-10(9-5-3-2-4-6-9)17-12(14-8)15-11(13)16-17/h2-6,8,10H,7H2,1H3,(H3,13,14,15,16). The molecular formula is C12H15N5. The number of nitrogens with one attached hydrogen (secondary N) is 1. The molecule has 0 spiro atoms. The average Bonchev–Trinajstić information content (AvgIpc) is 2.69. The molecule has 1 aliphatic heterocycles. The van der Waals surface area contributed by atoms with Gasteiger partial charge in [-0.1, -0.05) is 30.3 Å². The Morgan fingerprint density at radius 2 is 2.12 bits per heavy atom. The fourth-order valence-electron chi connectivity index (χ4n) is 2.32. The zero-order valence-electron chi connectivity index (χ0n) is 9.67. The van der Waals surface area contributed by atoms with Gasteiger partial charge in [0.2, 0.25) is 11.9 Å². The molecule has 1 aromatic carbocycles. The summed E-state index contributed by atoms with van der Waals surface area (Å²) in [7, 11) is 0. The molecule has 0 saturated heterocycles. The quantitative estimate of drug-likeness (QED) is 0.780. The van der Waals surface area contributed by atoms with E-state index >= 15 is 0 Å². The van der Waals surface area contributed by atoms with Gasteiger partial charge in [0.15, 0.2) is 0 Å². The minimum absolute atomic E-state index is 0.215. The molecule has 0 saturated carbocycles. The molecule has 2 atom stereocenters. The molecule has 17 heavy (non-hydrogen) atoms. The van der Waals surface area contributed by atoms with Crippen molar-refractivity contribution in [2.45, 2.75) is 25.4 Å². The lowest BCUT2D eigenvalue weighted by molar-refractivity contribution is 0.438. The molecule has 2 aromatic rings. The highest BCUT2D eigenvalue weighted by Crippen LogP contribution is 2.31. The van der Waals surface area contributed by atoms with E-state index in [1.165, 1.54) is 5.56 Å². The van der Waals surface area contributed by atoms with Gasteiger partial charge < -0.3 is 11.1 Å². The van der Waals surface area contributed by atoms with Gasteiger partial charge in [-0.25, -0.2) is 4.68 Å². The number of nitrogen functional groups attached to an aromatic ring is 1. The summed E-state index contributed by atoms with van der Waals surface area (Å²) in [6.45, 7) is 2.14. The first-order valence-electron chi connectivity index (χ1n) is 5.77. The third kappa shape index (κ3) is 1.73. The van der Waals surface area contributed by atoms with Crippen LogP contribution in [0.1, 0.15) is 24.9 Å². The van der Waals surface area contributed by atoms with Crippen molar-refractivity contribution in [3.63, 3.8) is 0 Å². The second-order valence-corrected chi connectivity index (χ2v) is 4.45. The number of hydrogen-bond donors (Lipinski definition) is 2. The lowest BCUT2D eigenvalue weighted by atomic mass is 9.99. The minimum atomic E-state index is 0.215. The van der Waals surface area contributed by atoms with E-state index < -0.39 is 0 Å². The molecule has 88 valence electrons. The van der Waals surface area contributed by atoms with Crippen LogP contribution in [-0.2, 0) is 0 Å². The molecular weight excluding hydrogens is 214 g/mol. The zero-order chi connectivity index (χ0) is 11.8. The summed E-state index contributed by atoms with van der Waals surface area (Å²) in [5.74, 6) is 1.08. The van der Waals surface area contributed by atoms with Crippen LogP contribution < -0.4 is 11.1 Å². The summed E-state index contributed by atoms with van der Waals surface area (Å²) < 4.78 is 1.88. The Morgan fingerprint density at radius 3 is 2.88 bits per heavy atom. The van der Waals surface area contributed by atoms with Crippen LogP contribution in [0.4, 0.5) is 11.9 Å². The Bertz CT molecular complexity index is 519. The lowest BCUT2D eigenvalue weighted by Crippen LogP contribution is -2.31. The normalized spacial score (nSPS) is 22.9. The molecule has 0 aliphatic carbocycles. The van der Waals surface area contributed by atoms with Crippen LogP contribution >= 0.6 is 0 Å². The maximum Gasteiger partial charge on any atom is 0.241 e. The second-order valence-electron chi connectivity index (χ2n) is 4.45. The van der Waals surface area contributed by atoms with Crippen molar-refractivity contribution in [3.05, 3.63) is 35.9 Å². The lowest BCUT2D eigenvalue weighted by Gasteiger charge is -2.29. The molecule has 0 radical (unpaired) electrons. The molecule has 5 nitrogen and oxygen atoms in total. The number of benzene rings is 1. The van der Waals surface area contributed by atoms with Crippen molar-refractivity contribution >= 4 is 11.9 Å². The van der Waals surface area contributed by atoms with Gasteiger partial charge in [-0.15, -0.1) is 5.10 Å². The Hall–Kier alpha value is -2.04. The SMILES string of the molecule is CC1CC(c2ccccc2)n2nc(N)nc2N1. The summed E-state index contributed by atoms with van der Waals surface area (Å²) in [6, 6.07) is 10.9. The highest BCUT2D eigenvalue weighted by Gasteiger charge is 2.27.